The largest absolute Gasteiger partial charge is 0.345 e. The van der Waals surface area contributed by atoms with Crippen molar-refractivity contribution in [3.05, 3.63) is 49.1 Å². The zero-order valence-electron chi connectivity index (χ0n) is 16.3. The highest BCUT2D eigenvalue weighted by Gasteiger charge is 2.30. The Kier molecular flexibility index (Phi) is 4.66. The van der Waals surface area contributed by atoms with Gasteiger partial charge in [0.25, 0.3) is 0 Å². The SMILES string of the molecule is O=C(Nc1cccc2[nH]cnc12)C1CCC(C(=O)Nc2cccc3[nH]cnc23)CC1. The molecule has 0 radical (unpaired) electrons. The Morgan fingerprint density at radius 1 is 0.733 bits per heavy atom. The molecule has 2 amide bonds. The number of imidazole rings is 2. The van der Waals surface area contributed by atoms with Gasteiger partial charge in [-0.15, -0.1) is 0 Å². The lowest BCUT2D eigenvalue weighted by molar-refractivity contribution is -0.125. The van der Waals surface area contributed by atoms with E-state index in [1.807, 2.05) is 36.4 Å². The first-order valence-electron chi connectivity index (χ1n) is 10.1. The fourth-order valence-corrected chi connectivity index (χ4v) is 4.22. The molecule has 2 heterocycles. The second-order valence-electron chi connectivity index (χ2n) is 7.74. The van der Waals surface area contributed by atoms with Gasteiger partial charge in [0.1, 0.15) is 11.0 Å². The number of carbonyl (C=O) groups excluding carboxylic acids is 2. The predicted octanol–water partition coefficient (Wildman–Crippen LogP) is 3.82. The van der Waals surface area contributed by atoms with Crippen LogP contribution in [0.2, 0.25) is 0 Å². The van der Waals surface area contributed by atoms with Crippen LogP contribution in [0.25, 0.3) is 22.1 Å². The summed E-state index contributed by atoms with van der Waals surface area (Å²) in [5.74, 6) is -0.215. The number of aromatic nitrogens is 4. The number of fused-ring (bicyclic) bond motifs is 2. The van der Waals surface area contributed by atoms with E-state index >= 15 is 0 Å². The summed E-state index contributed by atoms with van der Waals surface area (Å²) in [6.07, 6.45) is 5.99. The molecule has 0 saturated heterocycles. The molecule has 1 fully saturated rings. The lowest BCUT2D eigenvalue weighted by Crippen LogP contribution is -2.32. The average Bonchev–Trinajstić information content (AvgIpc) is 3.44. The second-order valence-corrected chi connectivity index (χ2v) is 7.74. The molecule has 0 aliphatic heterocycles. The van der Waals surface area contributed by atoms with Crippen molar-refractivity contribution in [2.45, 2.75) is 25.7 Å². The van der Waals surface area contributed by atoms with E-state index in [0.717, 1.165) is 22.1 Å². The van der Waals surface area contributed by atoms with Crippen LogP contribution in [0.4, 0.5) is 11.4 Å². The molecule has 1 aliphatic rings. The molecular weight excluding hydrogens is 380 g/mol. The third-order valence-electron chi connectivity index (χ3n) is 5.88. The number of rotatable bonds is 4. The smallest absolute Gasteiger partial charge is 0.227 e. The van der Waals surface area contributed by atoms with Crippen molar-refractivity contribution in [1.29, 1.82) is 0 Å². The van der Waals surface area contributed by atoms with Gasteiger partial charge >= 0.3 is 0 Å². The molecule has 2 aromatic carbocycles. The molecule has 0 atom stereocenters. The highest BCUT2D eigenvalue weighted by Crippen LogP contribution is 2.32. The number of H-pyrrole nitrogens is 2. The number of carbonyl (C=O) groups is 2. The minimum atomic E-state index is -0.0991. The van der Waals surface area contributed by atoms with E-state index in [1.54, 1.807) is 12.7 Å². The number of para-hydroxylation sites is 2. The van der Waals surface area contributed by atoms with E-state index < -0.39 is 0 Å². The van der Waals surface area contributed by atoms with Crippen LogP contribution in [-0.2, 0) is 9.59 Å². The molecule has 152 valence electrons. The minimum Gasteiger partial charge on any atom is -0.345 e. The molecule has 30 heavy (non-hydrogen) atoms. The Bertz CT molecular complexity index is 1120. The normalized spacial score (nSPS) is 19.1. The maximum atomic E-state index is 12.8. The third-order valence-corrected chi connectivity index (χ3v) is 5.88. The van der Waals surface area contributed by atoms with Gasteiger partial charge in [0.05, 0.1) is 35.1 Å². The highest BCUT2D eigenvalue weighted by atomic mass is 16.2. The molecule has 8 heteroatoms. The number of nitrogens with one attached hydrogen (secondary N) is 4. The number of anilines is 2. The fraction of sp³-hybridized carbons (Fsp3) is 0.273. The molecule has 1 saturated carbocycles. The van der Waals surface area contributed by atoms with Crippen molar-refractivity contribution >= 4 is 45.3 Å². The first kappa shape index (κ1) is 18.4. The molecule has 4 N–H and O–H groups in total. The first-order valence-corrected chi connectivity index (χ1v) is 10.1. The van der Waals surface area contributed by atoms with E-state index in [9.17, 15) is 9.59 Å². The molecule has 2 aromatic heterocycles. The second kappa shape index (κ2) is 7.62. The maximum Gasteiger partial charge on any atom is 0.227 e. The van der Waals surface area contributed by atoms with Gasteiger partial charge in [-0.05, 0) is 49.9 Å². The van der Waals surface area contributed by atoms with E-state index in [0.29, 0.717) is 37.1 Å². The molecule has 0 spiro atoms. The first-order chi connectivity index (χ1) is 14.7. The Hall–Kier alpha value is -3.68. The number of aromatic amines is 2. The van der Waals surface area contributed by atoms with Crippen molar-refractivity contribution in [2.75, 3.05) is 10.6 Å². The van der Waals surface area contributed by atoms with E-state index in [1.165, 1.54) is 0 Å². The van der Waals surface area contributed by atoms with Gasteiger partial charge in [0.2, 0.25) is 11.8 Å². The lowest BCUT2D eigenvalue weighted by atomic mass is 9.81. The zero-order chi connectivity index (χ0) is 20.5. The van der Waals surface area contributed by atoms with Gasteiger partial charge in [0.15, 0.2) is 0 Å². The monoisotopic (exact) mass is 402 g/mol. The number of nitrogens with zero attached hydrogens (tertiary/aromatic N) is 2. The Balaban J connectivity index is 1.20. The number of hydrogen-bond acceptors (Lipinski definition) is 4. The van der Waals surface area contributed by atoms with Gasteiger partial charge < -0.3 is 20.6 Å². The van der Waals surface area contributed by atoms with Gasteiger partial charge in [-0.3, -0.25) is 9.59 Å². The third kappa shape index (κ3) is 3.41. The van der Waals surface area contributed by atoms with Crippen LogP contribution in [0.1, 0.15) is 25.7 Å². The van der Waals surface area contributed by atoms with Crippen LogP contribution in [0.5, 0.6) is 0 Å². The average molecular weight is 402 g/mol. The number of hydrogen-bond donors (Lipinski definition) is 4. The molecule has 4 aromatic rings. The number of benzene rings is 2. The molecule has 8 nitrogen and oxygen atoms in total. The summed E-state index contributed by atoms with van der Waals surface area (Å²) in [5, 5.41) is 6.02. The Labute approximate surface area is 172 Å². The standard InChI is InChI=1S/C22H22N6O2/c29-21(27-17-5-1-3-15-19(17)25-11-23-15)13-7-9-14(10-8-13)22(30)28-18-6-2-4-16-20(18)26-12-24-16/h1-6,11-14H,7-10H2,(H,23,25)(H,24,26)(H,27,29)(H,28,30). The van der Waals surface area contributed by atoms with Crippen LogP contribution >= 0.6 is 0 Å². The van der Waals surface area contributed by atoms with Crippen molar-refractivity contribution < 1.29 is 9.59 Å². The Morgan fingerprint density at radius 3 is 1.60 bits per heavy atom. The molecular formula is C22H22N6O2. The van der Waals surface area contributed by atoms with E-state index in [2.05, 4.69) is 30.6 Å². The predicted molar refractivity (Wildman–Crippen MR) is 115 cm³/mol. The summed E-state index contributed by atoms with van der Waals surface area (Å²) in [5.41, 5.74) is 4.72. The minimum absolute atomic E-state index is 0.00866. The molecule has 1 aliphatic carbocycles. The van der Waals surface area contributed by atoms with E-state index in [4.69, 9.17) is 0 Å². The molecule has 0 unspecified atom stereocenters. The highest BCUT2D eigenvalue weighted by molar-refractivity contribution is 6.01. The topological polar surface area (TPSA) is 116 Å². The summed E-state index contributed by atoms with van der Waals surface area (Å²) in [6, 6.07) is 11.3. The quantitative estimate of drug-likeness (QED) is 0.415. The van der Waals surface area contributed by atoms with Crippen molar-refractivity contribution in [3.8, 4) is 0 Å². The summed E-state index contributed by atoms with van der Waals surface area (Å²) >= 11 is 0. The lowest BCUT2D eigenvalue weighted by Gasteiger charge is -2.27. The van der Waals surface area contributed by atoms with Crippen molar-refractivity contribution in [1.82, 2.24) is 19.9 Å². The van der Waals surface area contributed by atoms with Crippen molar-refractivity contribution in [2.24, 2.45) is 11.8 Å². The van der Waals surface area contributed by atoms with Gasteiger partial charge in [-0.1, -0.05) is 12.1 Å². The van der Waals surface area contributed by atoms with Crippen LogP contribution in [0.3, 0.4) is 0 Å². The summed E-state index contributed by atoms with van der Waals surface area (Å²) in [4.78, 5) is 40.2. The van der Waals surface area contributed by atoms with Crippen LogP contribution in [0, 0.1) is 11.8 Å². The van der Waals surface area contributed by atoms with Crippen LogP contribution in [-0.4, -0.2) is 31.8 Å². The fourth-order valence-electron chi connectivity index (χ4n) is 4.22. The molecule has 5 rings (SSSR count). The maximum absolute atomic E-state index is 12.8. The van der Waals surface area contributed by atoms with Crippen LogP contribution in [0.15, 0.2) is 49.1 Å². The van der Waals surface area contributed by atoms with Gasteiger partial charge in [-0.25, -0.2) is 9.97 Å². The van der Waals surface area contributed by atoms with Gasteiger partial charge in [0, 0.05) is 11.8 Å². The summed E-state index contributed by atoms with van der Waals surface area (Å²) < 4.78 is 0. The number of amides is 2. The van der Waals surface area contributed by atoms with E-state index in [-0.39, 0.29) is 23.7 Å². The summed E-state index contributed by atoms with van der Waals surface area (Å²) in [6.45, 7) is 0. The van der Waals surface area contributed by atoms with Crippen molar-refractivity contribution in [3.63, 3.8) is 0 Å². The summed E-state index contributed by atoms with van der Waals surface area (Å²) in [7, 11) is 0. The zero-order valence-corrected chi connectivity index (χ0v) is 16.3. The van der Waals surface area contributed by atoms with Gasteiger partial charge in [-0.2, -0.15) is 0 Å². The molecule has 0 bridgehead atoms. The van der Waals surface area contributed by atoms with Crippen LogP contribution < -0.4 is 10.6 Å². The Morgan fingerprint density at radius 2 is 1.17 bits per heavy atom.